The van der Waals surface area contributed by atoms with E-state index in [-0.39, 0.29) is 5.56 Å². The summed E-state index contributed by atoms with van der Waals surface area (Å²) >= 11 is 0. The number of hydrogen-bond acceptors (Lipinski definition) is 3. The molecule has 0 amide bonds. The second-order valence-corrected chi connectivity index (χ2v) is 5.40. The maximum atomic E-state index is 11.9. The summed E-state index contributed by atoms with van der Waals surface area (Å²) in [6, 6.07) is 6.01. The topological polar surface area (TPSA) is 74.5 Å². The van der Waals surface area contributed by atoms with Crippen LogP contribution in [0, 0.1) is 18.3 Å². The highest BCUT2D eigenvalue weighted by molar-refractivity contribution is 5.87. The molecule has 0 aliphatic heterocycles. The lowest BCUT2D eigenvalue weighted by Crippen LogP contribution is -2.12. The number of aromatic nitrogens is 3. The van der Waals surface area contributed by atoms with Crippen molar-refractivity contribution in [1.82, 2.24) is 14.5 Å². The van der Waals surface area contributed by atoms with Gasteiger partial charge in [-0.15, -0.1) is 0 Å². The summed E-state index contributed by atoms with van der Waals surface area (Å²) in [5.74, 6) is 0. The average molecular weight is 322 g/mol. The molecule has 3 heterocycles. The number of pyridine rings is 2. The number of nitriles is 1. The van der Waals surface area contributed by atoms with Crippen molar-refractivity contribution in [3.63, 3.8) is 0 Å². The third-order valence-electron chi connectivity index (χ3n) is 3.91. The predicted molar refractivity (Wildman–Crippen MR) is 96.9 cm³/mol. The molecule has 0 saturated carbocycles. The van der Waals surface area contributed by atoms with Crippen LogP contribution in [0.3, 0.4) is 0 Å². The molecule has 3 aromatic heterocycles. The van der Waals surface area contributed by atoms with E-state index >= 15 is 0 Å². The number of rotatable bonds is 2. The Balaban J connectivity index is 0.00000100. The highest BCUT2D eigenvalue weighted by Crippen LogP contribution is 2.26. The van der Waals surface area contributed by atoms with E-state index in [9.17, 15) is 10.1 Å². The van der Waals surface area contributed by atoms with Crippen molar-refractivity contribution in [3.8, 4) is 17.3 Å². The fourth-order valence-corrected chi connectivity index (χ4v) is 2.71. The molecule has 124 valence electrons. The van der Waals surface area contributed by atoms with Crippen molar-refractivity contribution in [3.05, 3.63) is 51.6 Å². The first-order valence-electron chi connectivity index (χ1n) is 8.13. The number of hydrogen-bond donors (Lipinski definition) is 1. The number of fused-ring (bicyclic) bond motifs is 1. The van der Waals surface area contributed by atoms with Gasteiger partial charge in [0.15, 0.2) is 0 Å². The Morgan fingerprint density at radius 1 is 1.33 bits per heavy atom. The Bertz CT molecular complexity index is 973. The van der Waals surface area contributed by atoms with Crippen LogP contribution >= 0.6 is 0 Å². The number of nitrogens with one attached hydrogen (secondary N) is 1. The summed E-state index contributed by atoms with van der Waals surface area (Å²) in [5, 5.41) is 10.0. The molecule has 0 saturated heterocycles. The molecular formula is C19H22N4O. The smallest absolute Gasteiger partial charge is 0.251 e. The number of aromatic amines is 1. The van der Waals surface area contributed by atoms with Gasteiger partial charge in [-0.05, 0) is 31.0 Å². The van der Waals surface area contributed by atoms with Gasteiger partial charge in [0.1, 0.15) is 11.7 Å². The molecule has 0 fully saturated rings. The van der Waals surface area contributed by atoms with Gasteiger partial charge in [-0.3, -0.25) is 4.79 Å². The van der Waals surface area contributed by atoms with Crippen LogP contribution in [0.25, 0.3) is 22.3 Å². The summed E-state index contributed by atoms with van der Waals surface area (Å²) in [7, 11) is 1.86. The monoisotopic (exact) mass is 322 g/mol. The highest BCUT2D eigenvalue weighted by atomic mass is 16.1. The lowest BCUT2D eigenvalue weighted by atomic mass is 10.0. The van der Waals surface area contributed by atoms with E-state index < -0.39 is 0 Å². The Kier molecular flexibility index (Phi) is 5.20. The Morgan fingerprint density at radius 3 is 2.67 bits per heavy atom. The fourth-order valence-electron chi connectivity index (χ4n) is 2.71. The van der Waals surface area contributed by atoms with Gasteiger partial charge in [0.25, 0.3) is 5.56 Å². The van der Waals surface area contributed by atoms with E-state index in [0.29, 0.717) is 11.1 Å². The third-order valence-corrected chi connectivity index (χ3v) is 3.91. The summed E-state index contributed by atoms with van der Waals surface area (Å²) in [6.45, 7) is 7.85. The molecule has 0 atom stereocenters. The molecule has 0 bridgehead atoms. The van der Waals surface area contributed by atoms with Gasteiger partial charge < -0.3 is 9.55 Å². The van der Waals surface area contributed by atoms with Crippen molar-refractivity contribution in [2.45, 2.75) is 34.1 Å². The minimum absolute atomic E-state index is 0.0964. The standard InChI is InChI=1S/C17H16N4O.C2H6/c1-4-11-5-10(2)17(22)20-15(11)12-6-14-13(7-18)9-21(3)16(14)19-8-12;1-2/h5-6,8-9H,4H2,1-3H3,(H,20,22);1-2H3. The van der Waals surface area contributed by atoms with Gasteiger partial charge in [-0.25, -0.2) is 4.98 Å². The summed E-state index contributed by atoms with van der Waals surface area (Å²) in [6.07, 6.45) is 4.31. The first kappa shape index (κ1) is 17.5. The van der Waals surface area contributed by atoms with Crippen molar-refractivity contribution in [2.24, 2.45) is 7.05 Å². The average Bonchev–Trinajstić information content (AvgIpc) is 2.94. The Hall–Kier alpha value is -2.87. The largest absolute Gasteiger partial charge is 0.334 e. The fraction of sp³-hybridized carbons (Fsp3) is 0.316. The van der Waals surface area contributed by atoms with Crippen LogP contribution in [0.4, 0.5) is 0 Å². The zero-order chi connectivity index (χ0) is 17.9. The number of nitrogens with zero attached hydrogens (tertiary/aromatic N) is 3. The molecule has 24 heavy (non-hydrogen) atoms. The SMILES string of the molecule is CC.CCc1cc(C)c(=O)[nH]c1-c1cnc2c(c1)c(C#N)cn2C. The van der Waals surface area contributed by atoms with E-state index in [1.54, 1.807) is 19.3 Å². The molecule has 5 heteroatoms. The quantitative estimate of drug-likeness (QED) is 0.781. The molecule has 0 aliphatic rings. The van der Waals surface area contributed by atoms with Gasteiger partial charge in [-0.2, -0.15) is 5.26 Å². The zero-order valence-corrected chi connectivity index (χ0v) is 14.8. The van der Waals surface area contributed by atoms with Crippen LogP contribution in [0.2, 0.25) is 0 Å². The Labute approximate surface area is 141 Å². The van der Waals surface area contributed by atoms with Crippen molar-refractivity contribution in [2.75, 3.05) is 0 Å². The molecule has 3 aromatic rings. The molecular weight excluding hydrogens is 300 g/mol. The molecule has 0 unspecified atom stereocenters. The van der Waals surface area contributed by atoms with Crippen molar-refractivity contribution >= 4 is 11.0 Å². The molecule has 0 spiro atoms. The maximum absolute atomic E-state index is 11.9. The van der Waals surface area contributed by atoms with Gasteiger partial charge >= 0.3 is 0 Å². The van der Waals surface area contributed by atoms with Crippen LogP contribution < -0.4 is 5.56 Å². The van der Waals surface area contributed by atoms with Crippen molar-refractivity contribution < 1.29 is 0 Å². The zero-order valence-electron chi connectivity index (χ0n) is 14.8. The molecule has 3 rings (SSSR count). The Morgan fingerprint density at radius 2 is 2.04 bits per heavy atom. The third kappa shape index (κ3) is 2.95. The summed E-state index contributed by atoms with van der Waals surface area (Å²) in [4.78, 5) is 19.3. The first-order chi connectivity index (χ1) is 11.5. The molecule has 0 aromatic carbocycles. The second kappa shape index (κ2) is 7.14. The molecule has 0 radical (unpaired) electrons. The lowest BCUT2D eigenvalue weighted by Gasteiger charge is -2.09. The van der Waals surface area contributed by atoms with E-state index in [4.69, 9.17) is 0 Å². The number of aryl methyl sites for hydroxylation is 3. The van der Waals surface area contributed by atoms with Gasteiger partial charge in [0.2, 0.25) is 0 Å². The lowest BCUT2D eigenvalue weighted by molar-refractivity contribution is 0.947. The van der Waals surface area contributed by atoms with Crippen LogP contribution in [-0.2, 0) is 13.5 Å². The van der Waals surface area contributed by atoms with Crippen LogP contribution in [0.5, 0.6) is 0 Å². The second-order valence-electron chi connectivity index (χ2n) is 5.40. The summed E-state index contributed by atoms with van der Waals surface area (Å²) in [5.41, 5.74) is 4.61. The van der Waals surface area contributed by atoms with E-state index in [1.165, 1.54) is 0 Å². The molecule has 0 aliphatic carbocycles. The van der Waals surface area contributed by atoms with E-state index in [1.807, 2.05) is 44.5 Å². The predicted octanol–water partition coefficient (Wildman–Crippen LogP) is 3.70. The number of H-pyrrole nitrogens is 1. The first-order valence-corrected chi connectivity index (χ1v) is 8.13. The highest BCUT2D eigenvalue weighted by Gasteiger charge is 2.12. The van der Waals surface area contributed by atoms with Crippen LogP contribution in [0.15, 0.2) is 29.3 Å². The maximum Gasteiger partial charge on any atom is 0.251 e. The minimum atomic E-state index is -0.0964. The van der Waals surface area contributed by atoms with E-state index in [2.05, 4.69) is 16.0 Å². The summed E-state index contributed by atoms with van der Waals surface area (Å²) < 4.78 is 1.83. The van der Waals surface area contributed by atoms with Crippen LogP contribution in [-0.4, -0.2) is 14.5 Å². The van der Waals surface area contributed by atoms with Gasteiger partial charge in [0.05, 0.1) is 11.3 Å². The van der Waals surface area contributed by atoms with Crippen molar-refractivity contribution in [1.29, 1.82) is 5.26 Å². The van der Waals surface area contributed by atoms with Crippen LogP contribution in [0.1, 0.15) is 37.5 Å². The van der Waals surface area contributed by atoms with E-state index in [0.717, 1.165) is 34.3 Å². The molecule has 5 nitrogen and oxygen atoms in total. The van der Waals surface area contributed by atoms with Gasteiger partial charge in [-0.1, -0.05) is 20.8 Å². The normalized spacial score (nSPS) is 10.2. The van der Waals surface area contributed by atoms with Gasteiger partial charge in [0, 0.05) is 36.0 Å². The minimum Gasteiger partial charge on any atom is -0.334 e. The molecule has 1 N–H and O–H groups in total.